The number of ether oxygens (including phenoxy) is 1. The average Bonchev–Trinajstić information content (AvgIpc) is 2.03. The Morgan fingerprint density at radius 2 is 2.17 bits per heavy atom. The van der Waals surface area contributed by atoms with Crippen LogP contribution in [0.5, 0.6) is 5.75 Å². The van der Waals surface area contributed by atoms with Gasteiger partial charge in [0.25, 0.3) is 0 Å². The molecule has 0 bridgehead atoms. The minimum atomic E-state index is -0.465. The first-order chi connectivity index (χ1) is 5.74. The molecule has 4 heteroatoms. The molecule has 1 aromatic carbocycles. The largest absolute Gasteiger partial charge is 0.489 e. The molecule has 66 valence electrons. The number of rotatable bonds is 3. The molecule has 0 N–H and O–H groups in total. The Kier molecular flexibility index (Phi) is 3.63. The fraction of sp³-hybridized carbons (Fsp3) is 0.250. The van der Waals surface area contributed by atoms with E-state index in [-0.39, 0.29) is 5.75 Å². The topological polar surface area (TPSA) is 9.23 Å². The summed E-state index contributed by atoms with van der Waals surface area (Å²) in [7, 11) is 0. The number of benzene rings is 1. The third kappa shape index (κ3) is 2.54. The van der Waals surface area contributed by atoms with Gasteiger partial charge in [0, 0.05) is 5.02 Å². The molecule has 1 nitrogen and oxygen atoms in total. The van der Waals surface area contributed by atoms with Crippen LogP contribution in [-0.4, -0.2) is 12.5 Å². The van der Waals surface area contributed by atoms with Gasteiger partial charge in [0.05, 0.1) is 5.88 Å². The Morgan fingerprint density at radius 3 is 2.75 bits per heavy atom. The molecule has 12 heavy (non-hydrogen) atoms. The van der Waals surface area contributed by atoms with Crippen molar-refractivity contribution in [2.24, 2.45) is 0 Å². The van der Waals surface area contributed by atoms with Crippen molar-refractivity contribution < 1.29 is 9.13 Å². The van der Waals surface area contributed by atoms with Crippen LogP contribution < -0.4 is 4.74 Å². The molecule has 0 aromatic heterocycles. The lowest BCUT2D eigenvalue weighted by Crippen LogP contribution is -1.99. The van der Waals surface area contributed by atoms with Crippen LogP contribution in [0.3, 0.4) is 0 Å². The molecule has 1 rings (SSSR count). The van der Waals surface area contributed by atoms with E-state index in [1.54, 1.807) is 6.07 Å². The molecule has 0 aliphatic carbocycles. The van der Waals surface area contributed by atoms with Crippen LogP contribution in [0, 0.1) is 5.82 Å². The van der Waals surface area contributed by atoms with Gasteiger partial charge in [0.15, 0.2) is 11.6 Å². The highest BCUT2D eigenvalue weighted by Gasteiger charge is 2.02. The lowest BCUT2D eigenvalue weighted by molar-refractivity contribution is 0.324. The van der Waals surface area contributed by atoms with Gasteiger partial charge in [-0.05, 0) is 18.2 Å². The number of halogens is 3. The van der Waals surface area contributed by atoms with Crippen molar-refractivity contribution in [2.45, 2.75) is 0 Å². The summed E-state index contributed by atoms with van der Waals surface area (Å²) in [5.74, 6) is 0.0508. The van der Waals surface area contributed by atoms with E-state index in [0.29, 0.717) is 17.5 Å². The summed E-state index contributed by atoms with van der Waals surface area (Å²) < 4.78 is 17.9. The summed E-state index contributed by atoms with van der Waals surface area (Å²) in [6.07, 6.45) is 0. The van der Waals surface area contributed by atoms with Crippen molar-refractivity contribution in [3.8, 4) is 5.75 Å². The third-order valence-corrected chi connectivity index (χ3v) is 1.62. The van der Waals surface area contributed by atoms with Crippen LogP contribution in [0.1, 0.15) is 0 Å². The molecule has 0 atom stereocenters. The minimum Gasteiger partial charge on any atom is -0.489 e. The maximum absolute atomic E-state index is 12.9. The molecule has 0 saturated carbocycles. The van der Waals surface area contributed by atoms with Crippen LogP contribution in [0.15, 0.2) is 18.2 Å². The standard InChI is InChI=1S/C8H7Cl2FO/c9-3-4-12-8-2-1-6(10)5-7(8)11/h1-2,5H,3-4H2. The first kappa shape index (κ1) is 9.62. The zero-order valence-electron chi connectivity index (χ0n) is 6.19. The van der Waals surface area contributed by atoms with E-state index in [1.165, 1.54) is 12.1 Å². The molecule has 0 fully saturated rings. The van der Waals surface area contributed by atoms with Crippen LogP contribution in [0.4, 0.5) is 4.39 Å². The van der Waals surface area contributed by atoms with E-state index in [9.17, 15) is 4.39 Å². The Balaban J connectivity index is 2.72. The number of alkyl halides is 1. The van der Waals surface area contributed by atoms with E-state index in [2.05, 4.69) is 0 Å². The third-order valence-electron chi connectivity index (χ3n) is 1.23. The van der Waals surface area contributed by atoms with Crippen molar-refractivity contribution in [1.82, 2.24) is 0 Å². The van der Waals surface area contributed by atoms with Gasteiger partial charge in [-0.2, -0.15) is 0 Å². The van der Waals surface area contributed by atoms with E-state index < -0.39 is 5.82 Å². The highest BCUT2D eigenvalue weighted by molar-refractivity contribution is 6.30. The summed E-state index contributed by atoms with van der Waals surface area (Å²) in [5, 5.41) is 0.353. The van der Waals surface area contributed by atoms with Gasteiger partial charge in [-0.3, -0.25) is 0 Å². The molecule has 0 radical (unpaired) electrons. The van der Waals surface area contributed by atoms with Crippen LogP contribution in [0.2, 0.25) is 5.02 Å². The normalized spacial score (nSPS) is 9.92. The molecule has 0 unspecified atom stereocenters. The van der Waals surface area contributed by atoms with Gasteiger partial charge in [0.2, 0.25) is 0 Å². The Labute approximate surface area is 80.0 Å². The Morgan fingerprint density at radius 1 is 1.42 bits per heavy atom. The van der Waals surface area contributed by atoms with Gasteiger partial charge < -0.3 is 4.74 Å². The van der Waals surface area contributed by atoms with Gasteiger partial charge in [-0.25, -0.2) is 4.39 Å². The smallest absolute Gasteiger partial charge is 0.166 e. The minimum absolute atomic E-state index is 0.181. The summed E-state index contributed by atoms with van der Waals surface area (Å²) in [5.41, 5.74) is 0. The van der Waals surface area contributed by atoms with Crippen LogP contribution >= 0.6 is 23.2 Å². The van der Waals surface area contributed by atoms with Crippen molar-refractivity contribution in [1.29, 1.82) is 0 Å². The highest BCUT2D eigenvalue weighted by Crippen LogP contribution is 2.20. The summed E-state index contributed by atoms with van der Waals surface area (Å²) >= 11 is 10.9. The molecule has 0 heterocycles. The maximum Gasteiger partial charge on any atom is 0.166 e. The van der Waals surface area contributed by atoms with E-state index >= 15 is 0 Å². The van der Waals surface area contributed by atoms with Crippen molar-refractivity contribution in [3.63, 3.8) is 0 Å². The van der Waals surface area contributed by atoms with Gasteiger partial charge in [-0.15, -0.1) is 11.6 Å². The lowest BCUT2D eigenvalue weighted by atomic mass is 10.3. The van der Waals surface area contributed by atoms with Gasteiger partial charge in [0.1, 0.15) is 6.61 Å². The van der Waals surface area contributed by atoms with E-state index in [4.69, 9.17) is 27.9 Å². The number of hydrogen-bond donors (Lipinski definition) is 0. The molecule has 1 aromatic rings. The molecule has 0 amide bonds. The van der Waals surface area contributed by atoms with Crippen LogP contribution in [-0.2, 0) is 0 Å². The first-order valence-electron chi connectivity index (χ1n) is 3.38. The van der Waals surface area contributed by atoms with Crippen molar-refractivity contribution in [2.75, 3.05) is 12.5 Å². The van der Waals surface area contributed by atoms with Gasteiger partial charge >= 0.3 is 0 Å². The molecule has 0 saturated heterocycles. The van der Waals surface area contributed by atoms with Gasteiger partial charge in [-0.1, -0.05) is 11.6 Å². The van der Waals surface area contributed by atoms with E-state index in [0.717, 1.165) is 0 Å². The molecular weight excluding hydrogens is 202 g/mol. The summed E-state index contributed by atoms with van der Waals surface area (Å²) in [4.78, 5) is 0. The predicted molar refractivity (Wildman–Crippen MR) is 47.6 cm³/mol. The SMILES string of the molecule is Fc1cc(Cl)ccc1OCCCl. The van der Waals surface area contributed by atoms with Crippen LogP contribution in [0.25, 0.3) is 0 Å². The fourth-order valence-corrected chi connectivity index (χ4v) is 0.977. The fourth-order valence-electron chi connectivity index (χ4n) is 0.741. The van der Waals surface area contributed by atoms with Crippen molar-refractivity contribution in [3.05, 3.63) is 29.0 Å². The number of hydrogen-bond acceptors (Lipinski definition) is 1. The zero-order chi connectivity index (χ0) is 8.97. The average molecular weight is 209 g/mol. The quantitative estimate of drug-likeness (QED) is 0.695. The summed E-state index contributed by atoms with van der Waals surface area (Å²) in [6.45, 7) is 0.292. The molecule has 0 aliphatic heterocycles. The molecule has 0 spiro atoms. The maximum atomic E-state index is 12.9. The zero-order valence-corrected chi connectivity index (χ0v) is 7.70. The monoisotopic (exact) mass is 208 g/mol. The van der Waals surface area contributed by atoms with Crippen molar-refractivity contribution >= 4 is 23.2 Å². The highest BCUT2D eigenvalue weighted by atomic mass is 35.5. The second kappa shape index (κ2) is 4.53. The first-order valence-corrected chi connectivity index (χ1v) is 4.29. The molecular formula is C8H7Cl2FO. The molecule has 0 aliphatic rings. The second-order valence-electron chi connectivity index (χ2n) is 2.11. The van der Waals surface area contributed by atoms with E-state index in [1.807, 2.05) is 0 Å². The summed E-state index contributed by atoms with van der Waals surface area (Å²) in [6, 6.07) is 4.24. The second-order valence-corrected chi connectivity index (χ2v) is 2.93. The Bertz CT molecular complexity index is 265. The lowest BCUT2D eigenvalue weighted by Gasteiger charge is -2.04. The predicted octanol–water partition coefficient (Wildman–Crippen LogP) is 3.10. The Hall–Kier alpha value is -0.470.